The first-order chi connectivity index (χ1) is 13.9. The zero-order valence-electron chi connectivity index (χ0n) is 17.1. The van der Waals surface area contributed by atoms with E-state index < -0.39 is 12.1 Å². The Kier molecular flexibility index (Phi) is 6.12. The minimum atomic E-state index is -0.877. The Morgan fingerprint density at radius 3 is 2.24 bits per heavy atom. The van der Waals surface area contributed by atoms with Gasteiger partial charge in [0, 0.05) is 24.0 Å². The Balaban J connectivity index is 1.68. The van der Waals surface area contributed by atoms with Crippen LogP contribution in [0, 0.1) is 13.8 Å². The summed E-state index contributed by atoms with van der Waals surface area (Å²) in [5, 5.41) is 4.55. The summed E-state index contributed by atoms with van der Waals surface area (Å²) in [7, 11) is 1.67. The first-order valence-electron chi connectivity index (χ1n) is 9.51. The molecule has 0 unspecified atom stereocenters. The molecule has 0 spiro atoms. The molecule has 1 atom stereocenters. The van der Waals surface area contributed by atoms with Crippen LogP contribution in [-0.4, -0.2) is 34.8 Å². The number of amides is 1. The monoisotopic (exact) mass is 391 g/mol. The predicted octanol–water partition coefficient (Wildman–Crippen LogP) is 3.63. The first kappa shape index (κ1) is 20.3. The van der Waals surface area contributed by atoms with Crippen LogP contribution in [0.25, 0.3) is 5.69 Å². The molecule has 1 aromatic heterocycles. The van der Waals surface area contributed by atoms with Gasteiger partial charge in [0.2, 0.25) is 0 Å². The maximum Gasteiger partial charge on any atom is 0.311 e. The Labute approximate surface area is 170 Å². The van der Waals surface area contributed by atoms with Crippen molar-refractivity contribution in [3.05, 3.63) is 77.6 Å². The van der Waals surface area contributed by atoms with Crippen LogP contribution in [0.15, 0.2) is 60.7 Å². The molecule has 3 aromatic rings. The van der Waals surface area contributed by atoms with Crippen LogP contribution in [-0.2, 0) is 20.7 Å². The van der Waals surface area contributed by atoms with Crippen molar-refractivity contribution in [2.45, 2.75) is 33.3 Å². The Bertz CT molecular complexity index is 997. The van der Waals surface area contributed by atoms with Gasteiger partial charge in [-0.3, -0.25) is 9.59 Å². The van der Waals surface area contributed by atoms with E-state index in [4.69, 9.17) is 4.74 Å². The smallest absolute Gasteiger partial charge is 0.311 e. The summed E-state index contributed by atoms with van der Waals surface area (Å²) in [4.78, 5) is 26.6. The molecule has 0 radical (unpaired) electrons. The van der Waals surface area contributed by atoms with Crippen LogP contribution in [0.4, 0.5) is 5.69 Å². The highest BCUT2D eigenvalue weighted by Gasteiger charge is 2.24. The highest BCUT2D eigenvalue weighted by molar-refractivity contribution is 5.96. The van der Waals surface area contributed by atoms with Gasteiger partial charge in [0.05, 0.1) is 17.8 Å². The van der Waals surface area contributed by atoms with Gasteiger partial charge in [-0.15, -0.1) is 0 Å². The molecule has 0 saturated heterocycles. The Morgan fingerprint density at radius 2 is 1.62 bits per heavy atom. The molecule has 1 heterocycles. The molecule has 0 aliphatic rings. The number of carbonyl (C=O) groups excluding carboxylic acids is 2. The number of para-hydroxylation sites is 2. The third-order valence-electron chi connectivity index (χ3n) is 4.89. The number of aryl methyl sites for hydroxylation is 1. The second-order valence-corrected chi connectivity index (χ2v) is 6.94. The van der Waals surface area contributed by atoms with E-state index in [1.807, 2.05) is 79.2 Å². The van der Waals surface area contributed by atoms with Gasteiger partial charge in [-0.05, 0) is 45.0 Å². The highest BCUT2D eigenvalue weighted by Crippen LogP contribution is 2.19. The molecular formula is C23H25N3O3. The van der Waals surface area contributed by atoms with Crippen molar-refractivity contribution in [1.82, 2.24) is 9.78 Å². The molecule has 29 heavy (non-hydrogen) atoms. The van der Waals surface area contributed by atoms with Crippen LogP contribution in [0.3, 0.4) is 0 Å². The number of aromatic nitrogens is 2. The normalized spacial score (nSPS) is 11.7. The number of benzene rings is 2. The molecule has 0 fully saturated rings. The summed E-state index contributed by atoms with van der Waals surface area (Å²) in [6.45, 7) is 5.38. The van der Waals surface area contributed by atoms with Crippen molar-refractivity contribution < 1.29 is 14.3 Å². The Morgan fingerprint density at radius 1 is 1.03 bits per heavy atom. The van der Waals surface area contributed by atoms with Crippen molar-refractivity contribution in [1.29, 1.82) is 0 Å². The van der Waals surface area contributed by atoms with E-state index in [-0.39, 0.29) is 12.3 Å². The maximum atomic E-state index is 12.6. The summed E-state index contributed by atoms with van der Waals surface area (Å²) in [6, 6.07) is 19.0. The van der Waals surface area contributed by atoms with Crippen molar-refractivity contribution in [3.8, 4) is 5.69 Å². The van der Waals surface area contributed by atoms with Gasteiger partial charge in [-0.1, -0.05) is 36.4 Å². The topological polar surface area (TPSA) is 64.4 Å². The van der Waals surface area contributed by atoms with E-state index in [0.717, 1.165) is 28.3 Å². The van der Waals surface area contributed by atoms with E-state index >= 15 is 0 Å². The molecule has 2 aromatic carbocycles. The average molecular weight is 391 g/mol. The van der Waals surface area contributed by atoms with Crippen molar-refractivity contribution >= 4 is 17.6 Å². The fraction of sp³-hybridized carbons (Fsp3) is 0.261. The van der Waals surface area contributed by atoms with Gasteiger partial charge in [0.25, 0.3) is 5.91 Å². The lowest BCUT2D eigenvalue weighted by Gasteiger charge is -2.21. The van der Waals surface area contributed by atoms with Crippen LogP contribution in [0.1, 0.15) is 23.9 Å². The van der Waals surface area contributed by atoms with Gasteiger partial charge < -0.3 is 9.64 Å². The van der Waals surface area contributed by atoms with Gasteiger partial charge in [0.15, 0.2) is 6.10 Å². The minimum absolute atomic E-state index is 0.0666. The molecule has 0 saturated carbocycles. The fourth-order valence-corrected chi connectivity index (χ4v) is 3.24. The molecule has 3 rings (SSSR count). The Hall–Kier alpha value is -3.41. The SMILES string of the molecule is Cc1nn(-c2ccccc2)c(C)c1CC(=O)O[C@H](C)C(=O)N(C)c1ccccc1. The van der Waals surface area contributed by atoms with E-state index in [2.05, 4.69) is 5.10 Å². The lowest BCUT2D eigenvalue weighted by Crippen LogP contribution is -2.37. The van der Waals surface area contributed by atoms with Gasteiger partial charge in [-0.25, -0.2) is 4.68 Å². The third kappa shape index (κ3) is 4.54. The second kappa shape index (κ2) is 8.73. The number of hydrogen-bond donors (Lipinski definition) is 0. The van der Waals surface area contributed by atoms with Crippen LogP contribution in [0.2, 0.25) is 0 Å². The van der Waals surface area contributed by atoms with E-state index in [0.29, 0.717) is 0 Å². The van der Waals surface area contributed by atoms with E-state index in [1.165, 1.54) is 4.90 Å². The standard InChI is InChI=1S/C23H25N3O3/c1-16-21(17(2)26(24-16)20-13-9-6-10-14-20)15-22(27)29-18(3)23(28)25(4)19-11-7-5-8-12-19/h5-14,18H,15H2,1-4H3/t18-/m1/s1. The molecule has 0 aliphatic carbocycles. The van der Waals surface area contributed by atoms with E-state index in [9.17, 15) is 9.59 Å². The number of anilines is 1. The molecule has 0 aliphatic heterocycles. The number of esters is 1. The number of nitrogens with zero attached hydrogens (tertiary/aromatic N) is 3. The molecule has 0 N–H and O–H groups in total. The summed E-state index contributed by atoms with van der Waals surface area (Å²) in [5.41, 5.74) is 4.14. The number of carbonyl (C=O) groups is 2. The van der Waals surface area contributed by atoms with Crippen molar-refractivity contribution in [2.75, 3.05) is 11.9 Å². The zero-order valence-corrected chi connectivity index (χ0v) is 17.1. The quantitative estimate of drug-likeness (QED) is 0.602. The maximum absolute atomic E-state index is 12.6. The summed E-state index contributed by atoms with van der Waals surface area (Å²) < 4.78 is 7.23. The van der Waals surface area contributed by atoms with Crippen molar-refractivity contribution in [2.24, 2.45) is 0 Å². The fourth-order valence-electron chi connectivity index (χ4n) is 3.24. The number of rotatable bonds is 6. The van der Waals surface area contributed by atoms with Gasteiger partial charge in [0.1, 0.15) is 0 Å². The first-order valence-corrected chi connectivity index (χ1v) is 9.51. The molecule has 150 valence electrons. The molecule has 0 bridgehead atoms. The van der Waals surface area contributed by atoms with Crippen LogP contribution in [0.5, 0.6) is 0 Å². The van der Waals surface area contributed by atoms with E-state index in [1.54, 1.807) is 14.0 Å². The summed E-state index contributed by atoms with van der Waals surface area (Å²) >= 11 is 0. The molecule has 6 heteroatoms. The minimum Gasteiger partial charge on any atom is -0.452 e. The lowest BCUT2D eigenvalue weighted by molar-refractivity contribution is -0.153. The summed E-state index contributed by atoms with van der Waals surface area (Å²) in [5.74, 6) is -0.732. The lowest BCUT2D eigenvalue weighted by atomic mass is 10.1. The average Bonchev–Trinajstić information content (AvgIpc) is 3.02. The second-order valence-electron chi connectivity index (χ2n) is 6.94. The third-order valence-corrected chi connectivity index (χ3v) is 4.89. The van der Waals surface area contributed by atoms with Crippen molar-refractivity contribution in [3.63, 3.8) is 0 Å². The number of ether oxygens (including phenoxy) is 1. The summed E-state index contributed by atoms with van der Waals surface area (Å²) in [6.07, 6.45) is -0.811. The van der Waals surface area contributed by atoms with Crippen LogP contribution >= 0.6 is 0 Å². The molecular weight excluding hydrogens is 366 g/mol. The van der Waals surface area contributed by atoms with Gasteiger partial charge in [-0.2, -0.15) is 5.10 Å². The van der Waals surface area contributed by atoms with Gasteiger partial charge >= 0.3 is 5.97 Å². The highest BCUT2D eigenvalue weighted by atomic mass is 16.5. The van der Waals surface area contributed by atoms with Crippen LogP contribution < -0.4 is 4.90 Å². The predicted molar refractivity (Wildman–Crippen MR) is 112 cm³/mol. The largest absolute Gasteiger partial charge is 0.452 e. The zero-order chi connectivity index (χ0) is 21.0. The molecule has 6 nitrogen and oxygen atoms in total. The molecule has 1 amide bonds. The number of hydrogen-bond acceptors (Lipinski definition) is 4. The number of likely N-dealkylation sites (N-methyl/N-ethyl adjacent to an activating group) is 1.